The molecule has 0 spiro atoms. The number of aryl methyl sites for hydroxylation is 2. The van der Waals surface area contributed by atoms with Gasteiger partial charge in [0.25, 0.3) is 0 Å². The molecule has 0 aromatic heterocycles. The minimum atomic E-state index is -0.0561. The molecule has 0 fully saturated rings. The van der Waals surface area contributed by atoms with E-state index < -0.39 is 0 Å². The number of rotatable bonds is 1. The second kappa shape index (κ2) is 5.24. The molecule has 1 unspecified atom stereocenters. The first-order valence-electron chi connectivity index (χ1n) is 7.31. The Morgan fingerprint density at radius 1 is 1.19 bits per heavy atom. The number of nitrogens with zero attached hydrogens (tertiary/aromatic N) is 1. The molecule has 3 heteroatoms. The first kappa shape index (κ1) is 13.7. The minimum Gasteiger partial charge on any atom is -0.307 e. The number of amides is 2. The smallest absolute Gasteiger partial charge is 0.307 e. The quantitative estimate of drug-likeness (QED) is 0.830. The summed E-state index contributed by atoms with van der Waals surface area (Å²) in [7, 11) is 0. The van der Waals surface area contributed by atoms with E-state index in [1.54, 1.807) is 0 Å². The predicted octanol–water partition coefficient (Wildman–Crippen LogP) is 4.29. The number of para-hydroxylation sites is 1. The van der Waals surface area contributed by atoms with Crippen molar-refractivity contribution in [1.29, 1.82) is 0 Å². The summed E-state index contributed by atoms with van der Waals surface area (Å²) in [5.74, 6) is 0. The van der Waals surface area contributed by atoms with Crippen LogP contribution in [0.5, 0.6) is 0 Å². The predicted molar refractivity (Wildman–Crippen MR) is 87.0 cm³/mol. The molecule has 0 radical (unpaired) electrons. The lowest BCUT2D eigenvalue weighted by Crippen LogP contribution is -2.39. The van der Waals surface area contributed by atoms with Crippen LogP contribution in [0.1, 0.15) is 23.6 Å². The summed E-state index contributed by atoms with van der Waals surface area (Å²) in [5, 5.41) is 3.04. The van der Waals surface area contributed by atoms with Gasteiger partial charge < -0.3 is 5.32 Å². The molecule has 0 aliphatic carbocycles. The summed E-state index contributed by atoms with van der Waals surface area (Å²) in [4.78, 5) is 14.5. The van der Waals surface area contributed by atoms with E-state index in [1.165, 1.54) is 11.1 Å². The first-order chi connectivity index (χ1) is 10.1. The second-order valence-electron chi connectivity index (χ2n) is 5.80. The van der Waals surface area contributed by atoms with Gasteiger partial charge in [0.15, 0.2) is 0 Å². The van der Waals surface area contributed by atoms with E-state index in [0.29, 0.717) is 0 Å². The number of benzene rings is 2. The largest absolute Gasteiger partial charge is 0.326 e. The van der Waals surface area contributed by atoms with Crippen molar-refractivity contribution in [2.75, 3.05) is 10.2 Å². The lowest BCUT2D eigenvalue weighted by atomic mass is 10.1. The highest BCUT2D eigenvalue weighted by Crippen LogP contribution is 2.32. The first-order valence-corrected chi connectivity index (χ1v) is 7.31. The maximum Gasteiger partial charge on any atom is 0.326 e. The van der Waals surface area contributed by atoms with E-state index >= 15 is 0 Å². The van der Waals surface area contributed by atoms with Gasteiger partial charge in [-0.15, -0.1) is 0 Å². The van der Waals surface area contributed by atoms with Gasteiger partial charge in [-0.3, -0.25) is 4.90 Å². The van der Waals surface area contributed by atoms with E-state index in [9.17, 15) is 4.79 Å². The fourth-order valence-corrected chi connectivity index (χ4v) is 3.00. The number of carbonyl (C=O) groups is 1. The second-order valence-corrected chi connectivity index (χ2v) is 5.80. The molecule has 0 saturated heterocycles. The van der Waals surface area contributed by atoms with Crippen molar-refractivity contribution in [2.45, 2.75) is 33.2 Å². The van der Waals surface area contributed by atoms with Gasteiger partial charge in [0.1, 0.15) is 0 Å². The van der Waals surface area contributed by atoms with Crippen molar-refractivity contribution in [3.8, 4) is 0 Å². The standard InChI is InChI=1S/C18H20N2O/c1-12-8-9-16(13(2)10-12)19-18(21)20-14(3)11-15-6-4-5-7-17(15)20/h4-10,14H,11H2,1-3H3,(H,19,21). The highest BCUT2D eigenvalue weighted by Gasteiger charge is 2.30. The van der Waals surface area contributed by atoms with Crippen molar-refractivity contribution in [1.82, 2.24) is 0 Å². The summed E-state index contributed by atoms with van der Waals surface area (Å²) in [6.07, 6.45) is 0.913. The highest BCUT2D eigenvalue weighted by atomic mass is 16.2. The van der Waals surface area contributed by atoms with Gasteiger partial charge in [-0.1, -0.05) is 35.9 Å². The lowest BCUT2D eigenvalue weighted by molar-refractivity contribution is 0.256. The monoisotopic (exact) mass is 280 g/mol. The molecule has 0 saturated carbocycles. The molecule has 1 aliphatic heterocycles. The third kappa shape index (κ3) is 2.51. The summed E-state index contributed by atoms with van der Waals surface area (Å²) >= 11 is 0. The molecule has 2 aromatic rings. The summed E-state index contributed by atoms with van der Waals surface area (Å²) < 4.78 is 0. The number of nitrogens with one attached hydrogen (secondary N) is 1. The van der Waals surface area contributed by atoms with Gasteiger partial charge in [-0.25, -0.2) is 4.79 Å². The highest BCUT2D eigenvalue weighted by molar-refractivity contribution is 6.04. The Kier molecular flexibility index (Phi) is 3.42. The van der Waals surface area contributed by atoms with Crippen molar-refractivity contribution in [3.63, 3.8) is 0 Å². The fraction of sp³-hybridized carbons (Fsp3) is 0.278. The van der Waals surface area contributed by atoms with Crippen molar-refractivity contribution >= 4 is 17.4 Å². The molecule has 2 aromatic carbocycles. The van der Waals surface area contributed by atoms with E-state index in [0.717, 1.165) is 23.4 Å². The summed E-state index contributed by atoms with van der Waals surface area (Å²) in [6, 6.07) is 14.3. The third-order valence-electron chi connectivity index (χ3n) is 4.05. The lowest BCUT2D eigenvalue weighted by Gasteiger charge is -2.23. The fourth-order valence-electron chi connectivity index (χ4n) is 3.00. The molecule has 108 valence electrons. The molecular formula is C18H20N2O. The van der Waals surface area contributed by atoms with Gasteiger partial charge in [0.05, 0.1) is 0 Å². The van der Waals surface area contributed by atoms with Crippen LogP contribution in [-0.4, -0.2) is 12.1 Å². The van der Waals surface area contributed by atoms with Crippen LogP contribution in [0.25, 0.3) is 0 Å². The van der Waals surface area contributed by atoms with Crippen molar-refractivity contribution < 1.29 is 4.79 Å². The van der Waals surface area contributed by atoms with Crippen LogP contribution in [0.2, 0.25) is 0 Å². The maximum absolute atomic E-state index is 12.6. The van der Waals surface area contributed by atoms with E-state index in [1.807, 2.05) is 42.2 Å². The van der Waals surface area contributed by atoms with Gasteiger partial charge in [-0.05, 0) is 50.5 Å². The zero-order valence-corrected chi connectivity index (χ0v) is 12.7. The van der Waals surface area contributed by atoms with Crippen LogP contribution in [-0.2, 0) is 6.42 Å². The van der Waals surface area contributed by atoms with Crippen LogP contribution in [0.3, 0.4) is 0 Å². The Hall–Kier alpha value is -2.29. The Balaban J connectivity index is 1.86. The van der Waals surface area contributed by atoms with Gasteiger partial charge in [-0.2, -0.15) is 0 Å². The van der Waals surface area contributed by atoms with Crippen LogP contribution in [0.15, 0.2) is 42.5 Å². The molecule has 3 nitrogen and oxygen atoms in total. The molecule has 3 rings (SSSR count). The molecule has 1 heterocycles. The topological polar surface area (TPSA) is 32.3 Å². The van der Waals surface area contributed by atoms with Gasteiger partial charge in [0, 0.05) is 17.4 Å². The number of urea groups is 1. The zero-order valence-electron chi connectivity index (χ0n) is 12.7. The summed E-state index contributed by atoms with van der Waals surface area (Å²) in [5.41, 5.74) is 5.42. The number of carbonyl (C=O) groups excluding carboxylic acids is 1. The van der Waals surface area contributed by atoms with Gasteiger partial charge in [0.2, 0.25) is 0 Å². The van der Waals surface area contributed by atoms with Crippen molar-refractivity contribution in [3.05, 3.63) is 59.2 Å². The molecule has 21 heavy (non-hydrogen) atoms. The third-order valence-corrected chi connectivity index (χ3v) is 4.05. The SMILES string of the molecule is Cc1ccc(NC(=O)N2c3ccccc3CC2C)c(C)c1. The van der Waals surface area contributed by atoms with Crippen LogP contribution in [0, 0.1) is 13.8 Å². The molecule has 1 atom stereocenters. The average molecular weight is 280 g/mol. The van der Waals surface area contributed by atoms with Crippen LogP contribution < -0.4 is 10.2 Å². The maximum atomic E-state index is 12.6. The van der Waals surface area contributed by atoms with Gasteiger partial charge >= 0.3 is 6.03 Å². The number of hydrogen-bond acceptors (Lipinski definition) is 1. The minimum absolute atomic E-state index is 0.0561. The van der Waals surface area contributed by atoms with E-state index in [2.05, 4.69) is 31.3 Å². The van der Waals surface area contributed by atoms with E-state index in [-0.39, 0.29) is 12.1 Å². The van der Waals surface area contributed by atoms with Crippen LogP contribution >= 0.6 is 0 Å². The molecule has 1 aliphatic rings. The Morgan fingerprint density at radius 3 is 2.71 bits per heavy atom. The molecular weight excluding hydrogens is 260 g/mol. The van der Waals surface area contributed by atoms with E-state index in [4.69, 9.17) is 0 Å². The molecule has 2 amide bonds. The summed E-state index contributed by atoms with van der Waals surface area (Å²) in [6.45, 7) is 6.16. The number of hydrogen-bond donors (Lipinski definition) is 1. The average Bonchev–Trinajstić information content (AvgIpc) is 2.77. The molecule has 0 bridgehead atoms. The molecule has 1 N–H and O–H groups in total. The zero-order chi connectivity index (χ0) is 15.0. The van der Waals surface area contributed by atoms with Crippen molar-refractivity contribution in [2.24, 2.45) is 0 Å². The Labute approximate surface area is 125 Å². The Morgan fingerprint density at radius 2 is 1.95 bits per heavy atom. The van der Waals surface area contributed by atoms with Crippen LogP contribution in [0.4, 0.5) is 16.2 Å². The number of anilines is 2. The Bertz CT molecular complexity index is 693. The normalized spacial score (nSPS) is 16.7. The number of fused-ring (bicyclic) bond motifs is 1.